The fraction of sp³-hybridized carbons (Fsp3) is 1.00. The lowest BCUT2D eigenvalue weighted by atomic mass is 10.0. The van der Waals surface area contributed by atoms with Gasteiger partial charge >= 0.3 is 0 Å². The molecular weight excluding hydrogens is 212 g/mol. The Balaban J connectivity index is 1.95. The smallest absolute Gasteiger partial charge is 0.0637 e. The van der Waals surface area contributed by atoms with E-state index >= 15 is 0 Å². The predicted molar refractivity (Wildman–Crippen MR) is 71.3 cm³/mol. The summed E-state index contributed by atoms with van der Waals surface area (Å²) in [4.78, 5) is 2.68. The highest BCUT2D eigenvalue weighted by Gasteiger charge is 2.37. The van der Waals surface area contributed by atoms with Crippen LogP contribution in [0.25, 0.3) is 0 Å². The minimum Gasteiger partial charge on any atom is -0.380 e. The first-order chi connectivity index (χ1) is 8.22. The molecule has 4 atom stereocenters. The fourth-order valence-corrected chi connectivity index (χ4v) is 3.41. The van der Waals surface area contributed by atoms with Gasteiger partial charge in [-0.1, -0.05) is 13.8 Å². The zero-order valence-corrected chi connectivity index (χ0v) is 11.6. The molecule has 2 rings (SSSR count). The maximum atomic E-state index is 5.71. The molecule has 1 N–H and O–H groups in total. The molecule has 2 saturated heterocycles. The van der Waals surface area contributed by atoms with Crippen LogP contribution < -0.4 is 5.32 Å². The van der Waals surface area contributed by atoms with Crippen LogP contribution in [0.4, 0.5) is 0 Å². The van der Waals surface area contributed by atoms with Gasteiger partial charge in [0.25, 0.3) is 0 Å². The molecular formula is C14H28N2O. The summed E-state index contributed by atoms with van der Waals surface area (Å²) in [6, 6.07) is 1.95. The van der Waals surface area contributed by atoms with Crippen LogP contribution in [0.1, 0.15) is 40.0 Å². The van der Waals surface area contributed by atoms with Crippen molar-refractivity contribution in [2.24, 2.45) is 5.92 Å². The molecule has 0 spiro atoms. The lowest BCUT2D eigenvalue weighted by Gasteiger charge is -2.40. The van der Waals surface area contributed by atoms with Crippen molar-refractivity contribution in [3.63, 3.8) is 0 Å². The van der Waals surface area contributed by atoms with Crippen molar-refractivity contribution in [1.29, 1.82) is 0 Å². The number of likely N-dealkylation sites (tertiary alicyclic amines) is 1. The summed E-state index contributed by atoms with van der Waals surface area (Å²) in [6.45, 7) is 11.2. The molecule has 17 heavy (non-hydrogen) atoms. The molecule has 0 radical (unpaired) electrons. The molecule has 2 fully saturated rings. The molecule has 2 aliphatic heterocycles. The van der Waals surface area contributed by atoms with Gasteiger partial charge in [0.15, 0.2) is 0 Å². The van der Waals surface area contributed by atoms with Crippen LogP contribution in [0.2, 0.25) is 0 Å². The molecule has 0 aromatic heterocycles. The van der Waals surface area contributed by atoms with Gasteiger partial charge in [0.05, 0.1) is 6.61 Å². The van der Waals surface area contributed by atoms with Crippen LogP contribution in [-0.2, 0) is 4.74 Å². The molecule has 0 aromatic rings. The summed E-state index contributed by atoms with van der Waals surface area (Å²) >= 11 is 0. The third-order valence-electron chi connectivity index (χ3n) is 4.24. The van der Waals surface area contributed by atoms with E-state index in [4.69, 9.17) is 4.74 Å². The summed E-state index contributed by atoms with van der Waals surface area (Å²) in [6.07, 6.45) is 3.73. The van der Waals surface area contributed by atoms with Gasteiger partial charge in [-0.25, -0.2) is 0 Å². The predicted octanol–water partition coefficient (Wildman–Crippen LogP) is 1.87. The Labute approximate surface area is 106 Å². The molecule has 0 bridgehead atoms. The van der Waals surface area contributed by atoms with Gasteiger partial charge in [-0.05, 0) is 38.6 Å². The van der Waals surface area contributed by atoms with E-state index in [1.807, 2.05) is 0 Å². The third-order valence-corrected chi connectivity index (χ3v) is 4.24. The Morgan fingerprint density at radius 2 is 2.18 bits per heavy atom. The Kier molecular flexibility index (Phi) is 4.83. The van der Waals surface area contributed by atoms with Crippen molar-refractivity contribution < 1.29 is 4.74 Å². The molecule has 0 aromatic carbocycles. The molecule has 4 unspecified atom stereocenters. The van der Waals surface area contributed by atoms with Crippen molar-refractivity contribution in [3.8, 4) is 0 Å². The van der Waals surface area contributed by atoms with Crippen LogP contribution in [-0.4, -0.2) is 49.3 Å². The Morgan fingerprint density at radius 1 is 1.35 bits per heavy atom. The van der Waals surface area contributed by atoms with Gasteiger partial charge in [-0.15, -0.1) is 0 Å². The van der Waals surface area contributed by atoms with Crippen molar-refractivity contribution in [2.45, 2.75) is 58.2 Å². The van der Waals surface area contributed by atoms with Crippen LogP contribution in [0.15, 0.2) is 0 Å². The lowest BCUT2D eigenvalue weighted by Crippen LogP contribution is -2.56. The summed E-state index contributed by atoms with van der Waals surface area (Å²) < 4.78 is 5.71. The Morgan fingerprint density at radius 3 is 2.82 bits per heavy atom. The lowest BCUT2D eigenvalue weighted by molar-refractivity contribution is -0.00644. The molecule has 0 aliphatic carbocycles. The Bertz CT molecular complexity index is 234. The van der Waals surface area contributed by atoms with E-state index in [2.05, 4.69) is 31.0 Å². The van der Waals surface area contributed by atoms with E-state index in [0.29, 0.717) is 12.1 Å². The monoisotopic (exact) mass is 240 g/mol. The SMILES string of the molecule is CCCNC1CCOCC1N1CC(C)CC1C. The van der Waals surface area contributed by atoms with Gasteiger partial charge in [0.2, 0.25) is 0 Å². The Hall–Kier alpha value is -0.120. The van der Waals surface area contributed by atoms with E-state index in [1.54, 1.807) is 0 Å². The normalized spacial score (nSPS) is 39.7. The van der Waals surface area contributed by atoms with Gasteiger partial charge < -0.3 is 10.1 Å². The first kappa shape index (κ1) is 13.3. The second-order valence-electron chi connectivity index (χ2n) is 5.88. The molecule has 3 nitrogen and oxygen atoms in total. The topological polar surface area (TPSA) is 24.5 Å². The molecule has 100 valence electrons. The average molecular weight is 240 g/mol. The van der Waals surface area contributed by atoms with Crippen molar-refractivity contribution in [1.82, 2.24) is 10.2 Å². The number of nitrogens with one attached hydrogen (secondary N) is 1. The quantitative estimate of drug-likeness (QED) is 0.812. The standard InChI is InChI=1S/C14H28N2O/c1-4-6-15-13-5-7-17-10-14(13)16-9-11(2)8-12(16)3/h11-15H,4-10H2,1-3H3. The second-order valence-corrected chi connectivity index (χ2v) is 5.88. The maximum absolute atomic E-state index is 5.71. The number of ether oxygens (including phenoxy) is 1. The summed E-state index contributed by atoms with van der Waals surface area (Å²) in [5, 5.41) is 3.71. The first-order valence-corrected chi connectivity index (χ1v) is 7.29. The second kappa shape index (κ2) is 6.17. The van der Waals surface area contributed by atoms with Gasteiger partial charge in [-0.3, -0.25) is 4.90 Å². The summed E-state index contributed by atoms with van der Waals surface area (Å²) in [7, 11) is 0. The highest BCUT2D eigenvalue weighted by atomic mass is 16.5. The van der Waals surface area contributed by atoms with E-state index in [1.165, 1.54) is 25.8 Å². The van der Waals surface area contributed by atoms with E-state index in [9.17, 15) is 0 Å². The number of nitrogens with zero attached hydrogens (tertiary/aromatic N) is 1. The highest BCUT2D eigenvalue weighted by molar-refractivity contribution is 4.93. The fourth-order valence-electron chi connectivity index (χ4n) is 3.41. The van der Waals surface area contributed by atoms with Crippen LogP contribution in [0.5, 0.6) is 0 Å². The molecule has 3 heteroatoms. The van der Waals surface area contributed by atoms with Gasteiger partial charge in [0.1, 0.15) is 0 Å². The molecule has 0 saturated carbocycles. The minimum atomic E-state index is 0.593. The van der Waals surface area contributed by atoms with E-state index in [0.717, 1.165) is 31.7 Å². The minimum absolute atomic E-state index is 0.593. The number of hydrogen-bond donors (Lipinski definition) is 1. The third kappa shape index (κ3) is 3.21. The maximum Gasteiger partial charge on any atom is 0.0637 e. The zero-order valence-electron chi connectivity index (χ0n) is 11.6. The average Bonchev–Trinajstić information content (AvgIpc) is 2.66. The van der Waals surface area contributed by atoms with E-state index in [-0.39, 0.29) is 0 Å². The van der Waals surface area contributed by atoms with Crippen LogP contribution in [0.3, 0.4) is 0 Å². The van der Waals surface area contributed by atoms with Gasteiger partial charge in [0, 0.05) is 31.3 Å². The summed E-state index contributed by atoms with van der Waals surface area (Å²) in [5.74, 6) is 0.846. The molecule has 0 amide bonds. The van der Waals surface area contributed by atoms with Crippen molar-refractivity contribution in [3.05, 3.63) is 0 Å². The largest absolute Gasteiger partial charge is 0.380 e. The van der Waals surface area contributed by atoms with Crippen molar-refractivity contribution in [2.75, 3.05) is 26.3 Å². The first-order valence-electron chi connectivity index (χ1n) is 7.29. The van der Waals surface area contributed by atoms with Gasteiger partial charge in [-0.2, -0.15) is 0 Å². The number of hydrogen-bond acceptors (Lipinski definition) is 3. The molecule has 2 heterocycles. The van der Waals surface area contributed by atoms with E-state index < -0.39 is 0 Å². The highest BCUT2D eigenvalue weighted by Crippen LogP contribution is 2.27. The molecule has 2 aliphatic rings. The van der Waals surface area contributed by atoms with Crippen LogP contribution in [0, 0.1) is 5.92 Å². The summed E-state index contributed by atoms with van der Waals surface area (Å²) in [5.41, 5.74) is 0. The van der Waals surface area contributed by atoms with Crippen molar-refractivity contribution >= 4 is 0 Å². The zero-order chi connectivity index (χ0) is 12.3. The number of rotatable bonds is 4. The van der Waals surface area contributed by atoms with Crippen LogP contribution >= 0.6 is 0 Å².